The molecule has 0 bridgehead atoms. The van der Waals surface area contributed by atoms with E-state index in [-0.39, 0.29) is 11.3 Å². The van der Waals surface area contributed by atoms with Gasteiger partial charge in [0, 0.05) is 23.7 Å². The number of carbonyl (C=O) groups is 1. The molecule has 3 rings (SSSR count). The van der Waals surface area contributed by atoms with E-state index in [9.17, 15) is 9.59 Å². The summed E-state index contributed by atoms with van der Waals surface area (Å²) in [6.45, 7) is 2.58. The summed E-state index contributed by atoms with van der Waals surface area (Å²) in [5, 5.41) is 0. The van der Waals surface area contributed by atoms with E-state index >= 15 is 0 Å². The summed E-state index contributed by atoms with van der Waals surface area (Å²) < 4.78 is 1.75. The molecule has 3 heteroatoms. The summed E-state index contributed by atoms with van der Waals surface area (Å²) in [5.41, 5.74) is 3.88. The number of fused-ring (bicyclic) bond motifs is 1. The average molecular weight is 267 g/mol. The Labute approximate surface area is 117 Å². The first-order valence-electron chi connectivity index (χ1n) is 6.96. The molecule has 0 amide bonds. The highest BCUT2D eigenvalue weighted by Crippen LogP contribution is 2.20. The molecule has 1 aliphatic rings. The minimum Gasteiger partial charge on any atom is -0.308 e. The number of benzene rings is 1. The molecule has 0 saturated carbocycles. The Hall–Kier alpha value is -2.16. The van der Waals surface area contributed by atoms with Crippen molar-refractivity contribution in [3.63, 3.8) is 0 Å². The SMILES string of the molecule is Cc1ccc(Cn2c3c(ccc2=O)C(=O)CCC3)cc1. The lowest BCUT2D eigenvalue weighted by Gasteiger charge is -2.20. The van der Waals surface area contributed by atoms with Gasteiger partial charge in [-0.25, -0.2) is 0 Å². The average Bonchev–Trinajstić information content (AvgIpc) is 2.44. The van der Waals surface area contributed by atoms with Crippen molar-refractivity contribution < 1.29 is 4.79 Å². The van der Waals surface area contributed by atoms with Crippen molar-refractivity contribution >= 4 is 5.78 Å². The van der Waals surface area contributed by atoms with E-state index in [1.54, 1.807) is 10.6 Å². The van der Waals surface area contributed by atoms with E-state index in [0.29, 0.717) is 13.0 Å². The number of nitrogens with zero attached hydrogens (tertiary/aromatic N) is 1. The van der Waals surface area contributed by atoms with Gasteiger partial charge in [0.15, 0.2) is 5.78 Å². The molecule has 0 N–H and O–H groups in total. The quantitative estimate of drug-likeness (QED) is 0.839. The molecule has 1 aromatic heterocycles. The van der Waals surface area contributed by atoms with Crippen LogP contribution in [0.15, 0.2) is 41.2 Å². The van der Waals surface area contributed by atoms with E-state index in [1.165, 1.54) is 11.6 Å². The maximum atomic E-state index is 12.1. The second kappa shape index (κ2) is 5.08. The van der Waals surface area contributed by atoms with Gasteiger partial charge in [-0.05, 0) is 31.4 Å². The number of aromatic nitrogens is 1. The molecule has 0 atom stereocenters. The summed E-state index contributed by atoms with van der Waals surface area (Å²) in [4.78, 5) is 24.1. The van der Waals surface area contributed by atoms with Crippen LogP contribution in [-0.2, 0) is 13.0 Å². The van der Waals surface area contributed by atoms with E-state index in [2.05, 4.69) is 0 Å². The highest BCUT2D eigenvalue weighted by Gasteiger charge is 2.20. The van der Waals surface area contributed by atoms with Gasteiger partial charge in [-0.15, -0.1) is 0 Å². The van der Waals surface area contributed by atoms with Gasteiger partial charge in [0.1, 0.15) is 0 Å². The van der Waals surface area contributed by atoms with Gasteiger partial charge in [0.05, 0.1) is 6.54 Å². The molecule has 0 fully saturated rings. The fourth-order valence-corrected chi connectivity index (χ4v) is 2.74. The van der Waals surface area contributed by atoms with Crippen molar-refractivity contribution in [2.24, 2.45) is 0 Å². The molecule has 0 radical (unpaired) electrons. The van der Waals surface area contributed by atoms with Crippen LogP contribution in [0.3, 0.4) is 0 Å². The summed E-state index contributed by atoms with van der Waals surface area (Å²) in [5.74, 6) is 0.156. The largest absolute Gasteiger partial charge is 0.308 e. The first kappa shape index (κ1) is 12.9. The zero-order valence-electron chi connectivity index (χ0n) is 11.6. The summed E-state index contributed by atoms with van der Waals surface area (Å²) in [6, 6.07) is 11.3. The molecular weight excluding hydrogens is 250 g/mol. The minimum atomic E-state index is -0.0287. The number of Topliss-reactive ketones (excluding diaryl/α,β-unsaturated/α-hetero) is 1. The van der Waals surface area contributed by atoms with Crippen molar-refractivity contribution in [2.45, 2.75) is 32.7 Å². The zero-order chi connectivity index (χ0) is 14.1. The number of rotatable bonds is 2. The fourth-order valence-electron chi connectivity index (χ4n) is 2.74. The monoisotopic (exact) mass is 267 g/mol. The van der Waals surface area contributed by atoms with Gasteiger partial charge in [-0.2, -0.15) is 0 Å². The molecule has 2 aromatic rings. The van der Waals surface area contributed by atoms with Crippen LogP contribution in [0, 0.1) is 6.92 Å². The third-order valence-electron chi connectivity index (χ3n) is 3.87. The topological polar surface area (TPSA) is 39.1 Å². The maximum absolute atomic E-state index is 12.1. The number of hydrogen-bond donors (Lipinski definition) is 0. The van der Waals surface area contributed by atoms with E-state index in [4.69, 9.17) is 0 Å². The Bertz CT molecular complexity index is 711. The van der Waals surface area contributed by atoms with Gasteiger partial charge in [-0.1, -0.05) is 29.8 Å². The van der Waals surface area contributed by atoms with Crippen LogP contribution in [0.2, 0.25) is 0 Å². The van der Waals surface area contributed by atoms with Gasteiger partial charge in [-0.3, -0.25) is 9.59 Å². The van der Waals surface area contributed by atoms with Gasteiger partial charge >= 0.3 is 0 Å². The number of aryl methyl sites for hydroxylation is 1. The van der Waals surface area contributed by atoms with Gasteiger partial charge < -0.3 is 4.57 Å². The Balaban J connectivity index is 2.05. The van der Waals surface area contributed by atoms with Crippen LogP contribution < -0.4 is 5.56 Å². The number of hydrogen-bond acceptors (Lipinski definition) is 2. The lowest BCUT2D eigenvalue weighted by atomic mass is 9.94. The number of carbonyl (C=O) groups excluding carboxylic acids is 1. The second-order valence-corrected chi connectivity index (χ2v) is 5.38. The standard InChI is InChI=1S/C17H17NO2/c1-12-5-7-13(8-6-12)11-18-15-3-2-4-16(19)14(15)9-10-17(18)20/h5-10H,2-4,11H2,1H3. The van der Waals surface area contributed by atoms with Gasteiger partial charge in [0.2, 0.25) is 0 Å². The minimum absolute atomic E-state index is 0.0287. The lowest BCUT2D eigenvalue weighted by Crippen LogP contribution is -2.28. The Morgan fingerprint density at radius 2 is 1.75 bits per heavy atom. The highest BCUT2D eigenvalue weighted by atomic mass is 16.1. The fraction of sp³-hybridized carbons (Fsp3) is 0.294. The normalized spacial score (nSPS) is 14.2. The van der Waals surface area contributed by atoms with E-state index in [1.807, 2.05) is 31.2 Å². The summed E-state index contributed by atoms with van der Waals surface area (Å²) >= 11 is 0. The zero-order valence-corrected chi connectivity index (χ0v) is 11.6. The van der Waals surface area contributed by atoms with Crippen LogP contribution >= 0.6 is 0 Å². The Kier molecular flexibility index (Phi) is 3.26. The van der Waals surface area contributed by atoms with Crippen molar-refractivity contribution in [2.75, 3.05) is 0 Å². The first-order valence-corrected chi connectivity index (χ1v) is 6.96. The highest BCUT2D eigenvalue weighted by molar-refractivity contribution is 5.97. The lowest BCUT2D eigenvalue weighted by molar-refractivity contribution is 0.0970. The van der Waals surface area contributed by atoms with Crippen LogP contribution in [-0.4, -0.2) is 10.4 Å². The molecule has 0 saturated heterocycles. The number of ketones is 1. The van der Waals surface area contributed by atoms with E-state index in [0.717, 1.165) is 29.7 Å². The van der Waals surface area contributed by atoms with Crippen LogP contribution in [0.4, 0.5) is 0 Å². The van der Waals surface area contributed by atoms with Crippen molar-refractivity contribution in [3.8, 4) is 0 Å². The first-order chi connectivity index (χ1) is 9.65. The molecule has 102 valence electrons. The van der Waals surface area contributed by atoms with Crippen molar-refractivity contribution in [1.82, 2.24) is 4.57 Å². The van der Waals surface area contributed by atoms with Crippen molar-refractivity contribution in [3.05, 3.63) is 69.1 Å². The molecule has 0 aliphatic heterocycles. The smallest absolute Gasteiger partial charge is 0.251 e. The second-order valence-electron chi connectivity index (χ2n) is 5.38. The third kappa shape index (κ3) is 2.31. The summed E-state index contributed by atoms with van der Waals surface area (Å²) in [7, 11) is 0. The molecule has 0 unspecified atom stereocenters. The molecule has 3 nitrogen and oxygen atoms in total. The maximum Gasteiger partial charge on any atom is 0.251 e. The molecule has 1 aromatic carbocycles. The predicted octanol–water partition coefficient (Wildman–Crippen LogP) is 2.72. The van der Waals surface area contributed by atoms with E-state index < -0.39 is 0 Å². The molecule has 0 spiro atoms. The van der Waals surface area contributed by atoms with Crippen LogP contribution in [0.5, 0.6) is 0 Å². The Morgan fingerprint density at radius 3 is 2.50 bits per heavy atom. The third-order valence-corrected chi connectivity index (χ3v) is 3.87. The molecule has 1 aliphatic carbocycles. The van der Waals surface area contributed by atoms with Crippen LogP contribution in [0.1, 0.15) is 40.0 Å². The summed E-state index contributed by atoms with van der Waals surface area (Å²) in [6.07, 6.45) is 2.24. The van der Waals surface area contributed by atoms with Crippen molar-refractivity contribution in [1.29, 1.82) is 0 Å². The van der Waals surface area contributed by atoms with Gasteiger partial charge in [0.25, 0.3) is 5.56 Å². The number of pyridine rings is 1. The molecular formula is C17H17NO2. The molecule has 20 heavy (non-hydrogen) atoms. The molecule has 1 heterocycles. The Morgan fingerprint density at radius 1 is 1.00 bits per heavy atom. The predicted molar refractivity (Wildman–Crippen MR) is 78.3 cm³/mol. The van der Waals surface area contributed by atoms with Crippen LogP contribution in [0.25, 0.3) is 0 Å².